The molecule has 25 heavy (non-hydrogen) atoms. The van der Waals surface area contributed by atoms with E-state index >= 15 is 0 Å². The molecule has 3 rings (SSSR count). The first-order valence-electron chi connectivity index (χ1n) is 7.64. The van der Waals surface area contributed by atoms with Crippen LogP contribution >= 0.6 is 34.5 Å². The van der Waals surface area contributed by atoms with E-state index in [4.69, 9.17) is 27.9 Å². The average Bonchev–Trinajstić information content (AvgIpc) is 2.98. The first-order valence-corrected chi connectivity index (χ1v) is 9.21. The molecule has 3 aromatic rings. The smallest absolute Gasteiger partial charge is 0.338 e. The van der Waals surface area contributed by atoms with Crippen molar-refractivity contribution in [3.05, 3.63) is 74.7 Å². The minimum atomic E-state index is -0.387. The van der Waals surface area contributed by atoms with Crippen LogP contribution in [0.4, 0.5) is 0 Å². The van der Waals surface area contributed by atoms with Gasteiger partial charge < -0.3 is 4.74 Å². The van der Waals surface area contributed by atoms with Crippen molar-refractivity contribution in [2.45, 2.75) is 20.0 Å². The van der Waals surface area contributed by atoms with Crippen molar-refractivity contribution < 1.29 is 9.53 Å². The van der Waals surface area contributed by atoms with E-state index in [1.54, 1.807) is 24.3 Å². The molecule has 0 amide bonds. The van der Waals surface area contributed by atoms with Crippen LogP contribution in [0.25, 0.3) is 10.6 Å². The van der Waals surface area contributed by atoms with Gasteiger partial charge in [0, 0.05) is 15.6 Å². The monoisotopic (exact) mass is 391 g/mol. The second kappa shape index (κ2) is 7.56. The average molecular weight is 392 g/mol. The van der Waals surface area contributed by atoms with Gasteiger partial charge >= 0.3 is 5.97 Å². The van der Waals surface area contributed by atoms with E-state index in [2.05, 4.69) is 4.98 Å². The number of thiazole rings is 1. The molecule has 0 saturated heterocycles. The van der Waals surface area contributed by atoms with Crippen molar-refractivity contribution in [1.29, 1.82) is 0 Å². The highest BCUT2D eigenvalue weighted by Crippen LogP contribution is 2.34. The number of aromatic nitrogens is 1. The lowest BCUT2D eigenvalue weighted by Crippen LogP contribution is -2.09. The number of rotatable bonds is 4. The van der Waals surface area contributed by atoms with Crippen LogP contribution in [-0.2, 0) is 4.74 Å². The summed E-state index contributed by atoms with van der Waals surface area (Å²) in [6, 6.07) is 14.1. The van der Waals surface area contributed by atoms with Gasteiger partial charge in [0.2, 0.25) is 0 Å². The molecule has 0 radical (unpaired) electrons. The quantitative estimate of drug-likeness (QED) is 0.486. The van der Waals surface area contributed by atoms with Crippen molar-refractivity contribution in [1.82, 2.24) is 4.98 Å². The summed E-state index contributed by atoms with van der Waals surface area (Å²) in [6.07, 6.45) is -0.387. The lowest BCUT2D eigenvalue weighted by molar-refractivity contribution is 0.0343. The van der Waals surface area contributed by atoms with Crippen molar-refractivity contribution in [2.75, 3.05) is 0 Å². The van der Waals surface area contributed by atoms with E-state index in [0.717, 1.165) is 21.1 Å². The molecule has 128 valence electrons. The van der Waals surface area contributed by atoms with Crippen LogP contribution in [0.5, 0.6) is 0 Å². The van der Waals surface area contributed by atoms with Gasteiger partial charge in [0.1, 0.15) is 11.1 Å². The molecule has 3 nitrogen and oxygen atoms in total. The Bertz CT molecular complexity index is 889. The lowest BCUT2D eigenvalue weighted by atomic mass is 10.2. The molecule has 1 aromatic heterocycles. The van der Waals surface area contributed by atoms with E-state index in [1.807, 2.05) is 38.1 Å². The summed E-state index contributed by atoms with van der Waals surface area (Å²) >= 11 is 13.3. The molecular weight excluding hydrogens is 377 g/mol. The number of ether oxygens (including phenoxy) is 1. The zero-order chi connectivity index (χ0) is 18.0. The van der Waals surface area contributed by atoms with Gasteiger partial charge in [0.15, 0.2) is 0 Å². The second-order valence-electron chi connectivity index (χ2n) is 5.53. The summed E-state index contributed by atoms with van der Waals surface area (Å²) < 4.78 is 5.58. The van der Waals surface area contributed by atoms with Crippen LogP contribution in [0.2, 0.25) is 10.0 Å². The summed E-state index contributed by atoms with van der Waals surface area (Å²) in [5.41, 5.74) is 2.31. The Morgan fingerprint density at radius 3 is 2.20 bits per heavy atom. The van der Waals surface area contributed by atoms with Gasteiger partial charge in [-0.2, -0.15) is 0 Å². The predicted octanol–water partition coefficient (Wildman–Crippen LogP) is 6.34. The maximum absolute atomic E-state index is 12.3. The van der Waals surface area contributed by atoms with Crippen molar-refractivity contribution >= 4 is 40.5 Å². The topological polar surface area (TPSA) is 39.2 Å². The Hall–Kier alpha value is -1.88. The second-order valence-corrected chi connectivity index (χ2v) is 7.43. The molecule has 1 unspecified atom stereocenters. The molecule has 0 bridgehead atoms. The maximum atomic E-state index is 12.3. The van der Waals surface area contributed by atoms with Crippen LogP contribution in [0.1, 0.15) is 34.0 Å². The van der Waals surface area contributed by atoms with Crippen molar-refractivity contribution in [3.8, 4) is 10.6 Å². The summed E-state index contributed by atoms with van der Waals surface area (Å²) in [5.74, 6) is -0.384. The Morgan fingerprint density at radius 1 is 1.04 bits per heavy atom. The minimum absolute atomic E-state index is 0.384. The minimum Gasteiger partial charge on any atom is -0.453 e. The summed E-state index contributed by atoms with van der Waals surface area (Å²) in [5, 5.41) is 2.14. The molecule has 2 aromatic carbocycles. The van der Waals surface area contributed by atoms with Crippen LogP contribution < -0.4 is 0 Å². The fourth-order valence-corrected chi connectivity index (χ4v) is 3.67. The maximum Gasteiger partial charge on any atom is 0.338 e. The molecular formula is C19H15Cl2NO2S. The van der Waals surface area contributed by atoms with Crippen LogP contribution in [0.3, 0.4) is 0 Å². The summed E-state index contributed by atoms with van der Waals surface area (Å²) in [7, 11) is 0. The third-order valence-corrected chi connectivity index (χ3v) is 5.53. The van der Waals surface area contributed by atoms with E-state index in [9.17, 15) is 4.79 Å². The Labute approximate surface area is 160 Å². The highest BCUT2D eigenvalue weighted by molar-refractivity contribution is 7.15. The Morgan fingerprint density at radius 2 is 1.60 bits per heavy atom. The number of benzene rings is 2. The number of hydrogen-bond acceptors (Lipinski definition) is 4. The molecule has 0 aliphatic heterocycles. The van der Waals surface area contributed by atoms with E-state index in [0.29, 0.717) is 15.6 Å². The SMILES string of the molecule is Cc1nc(-c2ccc(Cl)cc2)sc1C(C)OC(=O)c1ccc(Cl)cc1. The van der Waals surface area contributed by atoms with Gasteiger partial charge in [0.25, 0.3) is 0 Å². The van der Waals surface area contributed by atoms with Gasteiger partial charge in [-0.3, -0.25) is 0 Å². The molecule has 1 atom stereocenters. The van der Waals surface area contributed by atoms with Crippen molar-refractivity contribution in [3.63, 3.8) is 0 Å². The van der Waals surface area contributed by atoms with Crippen LogP contribution in [0.15, 0.2) is 48.5 Å². The van der Waals surface area contributed by atoms with E-state index in [1.165, 1.54) is 11.3 Å². The standard InChI is InChI=1S/C19H15Cl2NO2S/c1-11-17(25-18(22-11)13-3-7-15(20)8-4-13)12(2)24-19(23)14-5-9-16(21)10-6-14/h3-10,12H,1-2H3. The predicted molar refractivity (Wildman–Crippen MR) is 103 cm³/mol. The summed E-state index contributed by atoms with van der Waals surface area (Å²) in [6.45, 7) is 3.76. The fraction of sp³-hybridized carbons (Fsp3) is 0.158. The van der Waals surface area contributed by atoms with Gasteiger partial charge in [0.05, 0.1) is 16.1 Å². The Kier molecular flexibility index (Phi) is 5.42. The largest absolute Gasteiger partial charge is 0.453 e. The lowest BCUT2D eigenvalue weighted by Gasteiger charge is -2.12. The van der Waals surface area contributed by atoms with Gasteiger partial charge in [-0.15, -0.1) is 11.3 Å². The number of halogens is 2. The van der Waals surface area contributed by atoms with Gasteiger partial charge in [-0.25, -0.2) is 9.78 Å². The van der Waals surface area contributed by atoms with Crippen LogP contribution in [-0.4, -0.2) is 11.0 Å². The molecule has 0 spiro atoms. The Balaban J connectivity index is 1.78. The number of nitrogens with zero attached hydrogens (tertiary/aromatic N) is 1. The third kappa shape index (κ3) is 4.21. The number of carbonyl (C=O) groups excluding carboxylic acids is 1. The first-order chi connectivity index (χ1) is 11.9. The number of esters is 1. The first kappa shape index (κ1) is 17.9. The number of carbonyl (C=O) groups is 1. The molecule has 0 aliphatic rings. The van der Waals surface area contributed by atoms with Gasteiger partial charge in [-0.05, 0) is 50.2 Å². The highest BCUT2D eigenvalue weighted by Gasteiger charge is 2.19. The van der Waals surface area contributed by atoms with Crippen molar-refractivity contribution in [2.24, 2.45) is 0 Å². The third-order valence-electron chi connectivity index (χ3n) is 3.66. The summed E-state index contributed by atoms with van der Waals surface area (Å²) in [4.78, 5) is 17.8. The van der Waals surface area contributed by atoms with Crippen LogP contribution in [0, 0.1) is 6.92 Å². The number of aryl methyl sites for hydroxylation is 1. The highest BCUT2D eigenvalue weighted by atomic mass is 35.5. The van der Waals surface area contributed by atoms with E-state index in [-0.39, 0.29) is 12.1 Å². The zero-order valence-electron chi connectivity index (χ0n) is 13.6. The van der Waals surface area contributed by atoms with Gasteiger partial charge in [-0.1, -0.05) is 35.3 Å². The van der Waals surface area contributed by atoms with E-state index < -0.39 is 0 Å². The molecule has 0 N–H and O–H groups in total. The zero-order valence-corrected chi connectivity index (χ0v) is 16.0. The number of hydrogen-bond donors (Lipinski definition) is 0. The molecule has 1 heterocycles. The fourth-order valence-electron chi connectivity index (χ4n) is 2.37. The molecule has 0 fully saturated rings. The molecule has 0 saturated carbocycles. The molecule has 6 heteroatoms. The normalized spacial score (nSPS) is 12.0. The molecule has 0 aliphatic carbocycles.